The van der Waals surface area contributed by atoms with Gasteiger partial charge in [0.05, 0.1) is 12.9 Å². The predicted molar refractivity (Wildman–Crippen MR) is 104 cm³/mol. The molecule has 0 unspecified atom stereocenters. The van der Waals surface area contributed by atoms with Crippen LogP contribution in [0.15, 0.2) is 53.4 Å². The maximum absolute atomic E-state index is 13.1. The topological polar surface area (TPSA) is 125 Å². The third-order valence-electron chi connectivity index (χ3n) is 4.26. The summed E-state index contributed by atoms with van der Waals surface area (Å²) in [6.07, 6.45) is 4.93. The van der Waals surface area contributed by atoms with Crippen LogP contribution in [0.3, 0.4) is 0 Å². The molecule has 0 spiro atoms. The first-order valence-electron chi connectivity index (χ1n) is 8.90. The summed E-state index contributed by atoms with van der Waals surface area (Å²) in [5.74, 6) is 0.630. The van der Waals surface area contributed by atoms with E-state index >= 15 is 0 Å². The highest BCUT2D eigenvalue weighted by molar-refractivity contribution is 5.93. The molecule has 148 valence electrons. The molecule has 4 aromatic heterocycles. The third kappa shape index (κ3) is 3.92. The van der Waals surface area contributed by atoms with Gasteiger partial charge in [0, 0.05) is 38.7 Å². The minimum atomic E-state index is -0.289. The summed E-state index contributed by atoms with van der Waals surface area (Å²) in [5, 5.41) is 4.29. The Hall–Kier alpha value is -3.79. The van der Waals surface area contributed by atoms with Gasteiger partial charge >= 0.3 is 0 Å². The number of carbonyl (C=O) groups is 1. The van der Waals surface area contributed by atoms with E-state index in [1.165, 1.54) is 10.8 Å². The standard InChI is InChI=1S/C19H19N7O3/c1-28-9-7-25(12-13-4-2-6-21-11-13)18(27)14-10-16-23-17(15-5-3-8-29-15)24-26(16)19(20)22-14/h2-6,8,10-11H,7,9,12H2,1H3,(H2,20,22). The summed E-state index contributed by atoms with van der Waals surface area (Å²) >= 11 is 0. The van der Waals surface area contributed by atoms with Gasteiger partial charge in [-0.05, 0) is 23.8 Å². The lowest BCUT2D eigenvalue weighted by Gasteiger charge is -2.22. The van der Waals surface area contributed by atoms with Crippen molar-refractivity contribution in [1.29, 1.82) is 0 Å². The number of carbonyl (C=O) groups excluding carboxylic acids is 1. The number of amides is 1. The summed E-state index contributed by atoms with van der Waals surface area (Å²) in [7, 11) is 1.58. The number of hydrogen-bond acceptors (Lipinski definition) is 8. The molecule has 0 bridgehead atoms. The number of rotatable bonds is 7. The van der Waals surface area contributed by atoms with Crippen LogP contribution in [0.5, 0.6) is 0 Å². The van der Waals surface area contributed by atoms with E-state index in [2.05, 4.69) is 20.1 Å². The molecule has 0 aliphatic rings. The van der Waals surface area contributed by atoms with Crippen molar-refractivity contribution >= 4 is 17.5 Å². The van der Waals surface area contributed by atoms with E-state index in [0.29, 0.717) is 36.9 Å². The second kappa shape index (κ2) is 8.07. The molecule has 0 fully saturated rings. The van der Waals surface area contributed by atoms with Crippen LogP contribution in [-0.4, -0.2) is 55.6 Å². The van der Waals surface area contributed by atoms with Crippen molar-refractivity contribution in [2.24, 2.45) is 0 Å². The van der Waals surface area contributed by atoms with Gasteiger partial charge in [-0.2, -0.15) is 4.52 Å². The molecule has 0 aliphatic carbocycles. The van der Waals surface area contributed by atoms with E-state index < -0.39 is 0 Å². The van der Waals surface area contributed by atoms with Crippen molar-refractivity contribution in [2.45, 2.75) is 6.54 Å². The maximum atomic E-state index is 13.1. The molecule has 10 heteroatoms. The van der Waals surface area contributed by atoms with E-state index in [9.17, 15) is 4.79 Å². The van der Waals surface area contributed by atoms with E-state index in [1.54, 1.807) is 42.6 Å². The van der Waals surface area contributed by atoms with Gasteiger partial charge < -0.3 is 19.8 Å². The molecule has 29 heavy (non-hydrogen) atoms. The first-order chi connectivity index (χ1) is 14.2. The molecule has 1 amide bonds. The zero-order chi connectivity index (χ0) is 20.2. The van der Waals surface area contributed by atoms with Crippen molar-refractivity contribution in [3.8, 4) is 11.6 Å². The molecule has 0 radical (unpaired) electrons. The quantitative estimate of drug-likeness (QED) is 0.502. The molecular formula is C19H19N7O3. The highest BCUT2D eigenvalue weighted by Crippen LogP contribution is 2.19. The van der Waals surface area contributed by atoms with Crippen molar-refractivity contribution in [2.75, 3.05) is 26.0 Å². The summed E-state index contributed by atoms with van der Waals surface area (Å²) in [4.78, 5) is 27.5. The second-order valence-corrected chi connectivity index (χ2v) is 6.26. The third-order valence-corrected chi connectivity index (χ3v) is 4.26. The molecule has 2 N–H and O–H groups in total. The number of nitrogens with zero attached hydrogens (tertiary/aromatic N) is 6. The van der Waals surface area contributed by atoms with Gasteiger partial charge in [-0.15, -0.1) is 5.10 Å². The van der Waals surface area contributed by atoms with Gasteiger partial charge in [0.1, 0.15) is 5.69 Å². The lowest BCUT2D eigenvalue weighted by atomic mass is 10.2. The Bertz CT molecular complexity index is 1110. The first-order valence-corrected chi connectivity index (χ1v) is 8.90. The predicted octanol–water partition coefficient (Wildman–Crippen LogP) is 1.65. The average Bonchev–Trinajstić information content (AvgIpc) is 3.41. The number of ether oxygens (including phenoxy) is 1. The molecule has 0 aromatic carbocycles. The van der Waals surface area contributed by atoms with Crippen LogP contribution in [0, 0.1) is 0 Å². The Balaban J connectivity index is 1.66. The summed E-state index contributed by atoms with van der Waals surface area (Å²) in [6.45, 7) is 1.14. The molecule has 4 rings (SSSR count). The lowest BCUT2D eigenvalue weighted by Crippen LogP contribution is -2.34. The Morgan fingerprint density at radius 3 is 2.93 bits per heavy atom. The van der Waals surface area contributed by atoms with Gasteiger partial charge in [-0.3, -0.25) is 9.78 Å². The Morgan fingerprint density at radius 1 is 1.31 bits per heavy atom. The molecule has 0 saturated carbocycles. The molecule has 0 atom stereocenters. The number of anilines is 1. The number of hydrogen-bond donors (Lipinski definition) is 1. The van der Waals surface area contributed by atoms with Gasteiger partial charge in [0.2, 0.25) is 11.8 Å². The zero-order valence-electron chi connectivity index (χ0n) is 15.7. The molecule has 4 heterocycles. The second-order valence-electron chi connectivity index (χ2n) is 6.26. The highest BCUT2D eigenvalue weighted by Gasteiger charge is 2.21. The fourth-order valence-electron chi connectivity index (χ4n) is 2.86. The smallest absolute Gasteiger partial charge is 0.273 e. The van der Waals surface area contributed by atoms with Crippen LogP contribution in [0.4, 0.5) is 5.95 Å². The van der Waals surface area contributed by atoms with Crippen LogP contribution < -0.4 is 5.73 Å². The van der Waals surface area contributed by atoms with Crippen molar-refractivity contribution in [3.63, 3.8) is 0 Å². The molecule has 4 aromatic rings. The summed E-state index contributed by atoms with van der Waals surface area (Å²) in [6, 6.07) is 8.76. The van der Waals surface area contributed by atoms with E-state index in [0.717, 1.165) is 5.56 Å². The number of aromatic nitrogens is 5. The van der Waals surface area contributed by atoms with Crippen molar-refractivity contribution < 1.29 is 13.9 Å². The van der Waals surface area contributed by atoms with Gasteiger partial charge in [0.25, 0.3) is 5.91 Å². The van der Waals surface area contributed by atoms with Crippen LogP contribution in [0.25, 0.3) is 17.2 Å². The number of methoxy groups -OCH3 is 1. The van der Waals surface area contributed by atoms with E-state index in [1.807, 2.05) is 12.1 Å². The molecular weight excluding hydrogens is 374 g/mol. The fraction of sp³-hybridized carbons (Fsp3) is 0.211. The Kier molecular flexibility index (Phi) is 5.16. The fourth-order valence-corrected chi connectivity index (χ4v) is 2.86. The normalized spacial score (nSPS) is 11.1. The largest absolute Gasteiger partial charge is 0.461 e. The van der Waals surface area contributed by atoms with Crippen LogP contribution in [0.2, 0.25) is 0 Å². The van der Waals surface area contributed by atoms with Gasteiger partial charge in [0.15, 0.2) is 11.4 Å². The minimum absolute atomic E-state index is 0.0595. The number of furan rings is 1. The Labute approximate surface area is 166 Å². The minimum Gasteiger partial charge on any atom is -0.461 e. The highest BCUT2D eigenvalue weighted by atomic mass is 16.5. The number of nitrogen functional groups attached to an aromatic ring is 1. The molecule has 10 nitrogen and oxygen atoms in total. The summed E-state index contributed by atoms with van der Waals surface area (Å²) < 4.78 is 11.8. The SMILES string of the molecule is COCCN(Cc1cccnc1)C(=O)c1cc2nc(-c3ccco3)nn2c(N)n1. The van der Waals surface area contributed by atoms with Gasteiger partial charge in [-0.25, -0.2) is 9.97 Å². The first kappa shape index (κ1) is 18.6. The van der Waals surface area contributed by atoms with Crippen LogP contribution in [-0.2, 0) is 11.3 Å². The van der Waals surface area contributed by atoms with E-state index in [-0.39, 0.29) is 17.5 Å². The van der Waals surface area contributed by atoms with Crippen molar-refractivity contribution in [3.05, 3.63) is 60.2 Å². The van der Waals surface area contributed by atoms with Crippen LogP contribution >= 0.6 is 0 Å². The zero-order valence-corrected chi connectivity index (χ0v) is 15.7. The molecule has 0 aliphatic heterocycles. The monoisotopic (exact) mass is 393 g/mol. The van der Waals surface area contributed by atoms with Crippen LogP contribution in [0.1, 0.15) is 16.1 Å². The van der Waals surface area contributed by atoms with Gasteiger partial charge in [-0.1, -0.05) is 6.07 Å². The number of nitrogens with two attached hydrogens (primary N) is 1. The number of fused-ring (bicyclic) bond motifs is 1. The number of pyridine rings is 1. The van der Waals surface area contributed by atoms with E-state index in [4.69, 9.17) is 14.9 Å². The lowest BCUT2D eigenvalue weighted by molar-refractivity contribution is 0.0674. The maximum Gasteiger partial charge on any atom is 0.273 e. The summed E-state index contributed by atoms with van der Waals surface area (Å²) in [5.41, 5.74) is 7.50. The Morgan fingerprint density at radius 2 is 2.21 bits per heavy atom. The molecule has 0 saturated heterocycles. The average molecular weight is 393 g/mol. The van der Waals surface area contributed by atoms with Crippen molar-refractivity contribution in [1.82, 2.24) is 29.5 Å².